The summed E-state index contributed by atoms with van der Waals surface area (Å²) in [5.74, 6) is 0. The molecule has 1 aliphatic carbocycles. The van der Waals surface area contributed by atoms with Crippen molar-refractivity contribution in [1.82, 2.24) is 4.90 Å². The largest absolute Gasteiger partial charge is 1.00 e. The van der Waals surface area contributed by atoms with E-state index in [0.717, 1.165) is 5.41 Å². The van der Waals surface area contributed by atoms with Crippen LogP contribution in [0, 0.1) is 11.8 Å². The summed E-state index contributed by atoms with van der Waals surface area (Å²) in [5, 5.41) is 0. The van der Waals surface area contributed by atoms with E-state index in [2.05, 4.69) is 18.4 Å². The third-order valence-electron chi connectivity index (χ3n) is 3.20. The molecule has 0 aromatic heterocycles. The van der Waals surface area contributed by atoms with E-state index in [9.17, 15) is 0 Å². The van der Waals surface area contributed by atoms with Gasteiger partial charge in [0.1, 0.15) is 0 Å². The van der Waals surface area contributed by atoms with Crippen LogP contribution >= 0.6 is 0 Å². The average molecular weight is 207 g/mol. The smallest absolute Gasteiger partial charge is 0.328 e. The molecule has 1 nitrogen and oxygen atoms in total. The first-order chi connectivity index (χ1) is 5.81. The summed E-state index contributed by atoms with van der Waals surface area (Å²) in [5.41, 5.74) is 0.784. The molecular formula is C11H22KN. The first-order valence-corrected chi connectivity index (χ1v) is 5.31. The molecule has 1 heterocycles. The average Bonchev–Trinajstić information content (AvgIpc) is 2.07. The van der Waals surface area contributed by atoms with Gasteiger partial charge in [-0.05, 0) is 33.0 Å². The molecule has 1 saturated heterocycles. The molecule has 13 heavy (non-hydrogen) atoms. The fraction of sp³-hybridized carbons (Fsp3) is 0.909. The van der Waals surface area contributed by atoms with E-state index >= 15 is 0 Å². The van der Waals surface area contributed by atoms with Crippen molar-refractivity contribution in [3.63, 3.8) is 0 Å². The Morgan fingerprint density at radius 2 is 1.54 bits per heavy atom. The van der Waals surface area contributed by atoms with Crippen LogP contribution < -0.4 is 51.4 Å². The standard InChI is InChI=1S/C9H16N.C2H6.K/c1-10-7-5-9(6-8-10)3-2-4-9;1-2;/h2H,3-8H2,1H3;1-2H3;/q-1;;+1. The van der Waals surface area contributed by atoms with Crippen LogP contribution in [0.1, 0.15) is 39.5 Å². The van der Waals surface area contributed by atoms with Gasteiger partial charge in [0.2, 0.25) is 0 Å². The Balaban J connectivity index is 0.000000451. The summed E-state index contributed by atoms with van der Waals surface area (Å²) in [6.45, 7) is 6.65. The van der Waals surface area contributed by atoms with E-state index < -0.39 is 0 Å². The van der Waals surface area contributed by atoms with Crippen molar-refractivity contribution in [1.29, 1.82) is 0 Å². The predicted molar refractivity (Wildman–Crippen MR) is 54.0 cm³/mol. The second kappa shape index (κ2) is 6.97. The zero-order valence-corrected chi connectivity index (χ0v) is 12.9. The van der Waals surface area contributed by atoms with E-state index in [4.69, 9.17) is 0 Å². The topological polar surface area (TPSA) is 3.24 Å². The number of hydrogen-bond acceptors (Lipinski definition) is 1. The van der Waals surface area contributed by atoms with Crippen LogP contribution in [0.2, 0.25) is 0 Å². The predicted octanol–water partition coefficient (Wildman–Crippen LogP) is -0.273. The fourth-order valence-electron chi connectivity index (χ4n) is 2.05. The summed E-state index contributed by atoms with van der Waals surface area (Å²) >= 11 is 0. The molecule has 0 aromatic carbocycles. The van der Waals surface area contributed by atoms with Crippen molar-refractivity contribution in [2.75, 3.05) is 20.1 Å². The molecule has 0 aromatic rings. The van der Waals surface area contributed by atoms with Gasteiger partial charge in [-0.1, -0.05) is 19.3 Å². The molecule has 1 aliphatic heterocycles. The Kier molecular flexibility index (Phi) is 7.82. The second-order valence-corrected chi connectivity index (χ2v) is 4.00. The van der Waals surface area contributed by atoms with Crippen LogP contribution in [0.15, 0.2) is 0 Å². The first-order valence-electron chi connectivity index (χ1n) is 5.31. The van der Waals surface area contributed by atoms with E-state index in [0.29, 0.717) is 0 Å². The van der Waals surface area contributed by atoms with E-state index in [1.54, 1.807) is 0 Å². The van der Waals surface area contributed by atoms with Crippen LogP contribution in [0.25, 0.3) is 0 Å². The summed E-state index contributed by atoms with van der Waals surface area (Å²) in [6.07, 6.45) is 8.13. The molecule has 2 fully saturated rings. The van der Waals surface area contributed by atoms with E-state index in [1.165, 1.54) is 38.8 Å². The first kappa shape index (κ1) is 14.6. The Hall–Kier alpha value is 1.60. The minimum atomic E-state index is 0. The van der Waals surface area contributed by atoms with Crippen LogP contribution in [-0.2, 0) is 0 Å². The molecule has 0 amide bonds. The molecule has 1 spiro atoms. The van der Waals surface area contributed by atoms with Crippen molar-refractivity contribution < 1.29 is 51.4 Å². The molecule has 0 N–H and O–H groups in total. The zero-order chi connectivity index (χ0) is 9.03. The van der Waals surface area contributed by atoms with Gasteiger partial charge in [0.05, 0.1) is 0 Å². The number of piperidine rings is 1. The summed E-state index contributed by atoms with van der Waals surface area (Å²) in [7, 11) is 2.23. The maximum atomic E-state index is 2.45. The van der Waals surface area contributed by atoms with Crippen LogP contribution in [0.3, 0.4) is 0 Å². The maximum Gasteiger partial charge on any atom is 1.00 e. The molecule has 2 aliphatic rings. The molecule has 0 bridgehead atoms. The molecule has 0 atom stereocenters. The van der Waals surface area contributed by atoms with Crippen molar-refractivity contribution in [2.45, 2.75) is 39.5 Å². The zero-order valence-electron chi connectivity index (χ0n) is 9.77. The van der Waals surface area contributed by atoms with Gasteiger partial charge in [-0.3, -0.25) is 0 Å². The van der Waals surface area contributed by atoms with Crippen LogP contribution in [0.4, 0.5) is 0 Å². The molecular weight excluding hydrogens is 185 g/mol. The Bertz CT molecular complexity index is 122. The fourth-order valence-corrected chi connectivity index (χ4v) is 2.05. The van der Waals surface area contributed by atoms with Gasteiger partial charge in [-0.15, -0.1) is 0 Å². The van der Waals surface area contributed by atoms with Gasteiger partial charge in [-0.25, -0.2) is 0 Å². The minimum absolute atomic E-state index is 0. The Labute approximate surface area is 126 Å². The maximum absolute atomic E-state index is 2.45. The normalized spacial score (nSPS) is 25.2. The molecule has 0 radical (unpaired) electrons. The number of nitrogens with zero attached hydrogens (tertiary/aromatic N) is 1. The number of rotatable bonds is 0. The SMILES string of the molecule is CC.CN1CCC2(C[CH-]C2)CC1.[K+]. The van der Waals surface area contributed by atoms with E-state index in [1.807, 2.05) is 13.8 Å². The van der Waals surface area contributed by atoms with E-state index in [-0.39, 0.29) is 51.4 Å². The van der Waals surface area contributed by atoms with Gasteiger partial charge in [0, 0.05) is 0 Å². The van der Waals surface area contributed by atoms with Crippen molar-refractivity contribution >= 4 is 0 Å². The molecule has 1 saturated carbocycles. The molecule has 2 rings (SSSR count). The van der Waals surface area contributed by atoms with Gasteiger partial charge in [0.15, 0.2) is 0 Å². The number of hydrogen-bond donors (Lipinski definition) is 0. The summed E-state index contributed by atoms with van der Waals surface area (Å²) in [6, 6.07) is 0. The molecule has 0 unspecified atom stereocenters. The third-order valence-corrected chi connectivity index (χ3v) is 3.20. The van der Waals surface area contributed by atoms with Crippen LogP contribution in [0.5, 0.6) is 0 Å². The second-order valence-electron chi connectivity index (χ2n) is 4.00. The monoisotopic (exact) mass is 207 g/mol. The quantitative estimate of drug-likeness (QED) is 0.390. The summed E-state index contributed by atoms with van der Waals surface area (Å²) < 4.78 is 0. The number of likely N-dealkylation sites (tertiary alicyclic amines) is 1. The minimum Gasteiger partial charge on any atom is -0.328 e. The van der Waals surface area contributed by atoms with Gasteiger partial charge in [0.25, 0.3) is 0 Å². The van der Waals surface area contributed by atoms with Crippen molar-refractivity contribution in [3.05, 3.63) is 6.42 Å². The Morgan fingerprint density at radius 1 is 1.08 bits per heavy atom. The van der Waals surface area contributed by atoms with Gasteiger partial charge in [-0.2, -0.15) is 12.8 Å². The van der Waals surface area contributed by atoms with Crippen molar-refractivity contribution in [2.24, 2.45) is 5.41 Å². The van der Waals surface area contributed by atoms with Crippen LogP contribution in [-0.4, -0.2) is 25.0 Å². The Morgan fingerprint density at radius 3 is 1.85 bits per heavy atom. The van der Waals surface area contributed by atoms with Gasteiger partial charge >= 0.3 is 51.4 Å². The van der Waals surface area contributed by atoms with Gasteiger partial charge < -0.3 is 11.3 Å². The molecule has 2 heteroatoms. The third kappa shape index (κ3) is 3.92. The summed E-state index contributed by atoms with van der Waals surface area (Å²) in [4.78, 5) is 2.45. The molecule has 72 valence electrons. The van der Waals surface area contributed by atoms with Crippen molar-refractivity contribution in [3.8, 4) is 0 Å².